The van der Waals surface area contributed by atoms with Gasteiger partial charge in [-0.1, -0.05) is 6.07 Å². The molecule has 0 bridgehead atoms. The fraction of sp³-hybridized carbons (Fsp3) is 0.231. The molecule has 0 radical (unpaired) electrons. The van der Waals surface area contributed by atoms with Crippen molar-refractivity contribution in [3.63, 3.8) is 0 Å². The Hall–Kier alpha value is -2.70. The van der Waals surface area contributed by atoms with E-state index in [1.54, 1.807) is 0 Å². The van der Waals surface area contributed by atoms with E-state index in [1.807, 2.05) is 18.2 Å². The number of nitrogens with zero attached hydrogens (tertiary/aromatic N) is 1. The Morgan fingerprint density at radius 1 is 1.25 bits per heavy atom. The summed E-state index contributed by atoms with van der Waals surface area (Å²) < 4.78 is 11.0. The minimum absolute atomic E-state index is 0.179. The van der Waals surface area contributed by atoms with Crippen LogP contribution in [0.2, 0.25) is 0 Å². The van der Waals surface area contributed by atoms with Crippen molar-refractivity contribution in [1.29, 1.82) is 0 Å². The number of nitrogens with one attached hydrogen (secondary N) is 2. The molecule has 0 fully saturated rings. The Bertz CT molecular complexity index is 684. The van der Waals surface area contributed by atoms with Gasteiger partial charge in [-0.15, -0.1) is 0 Å². The molecule has 104 valence electrons. The number of hydrogen-bond acceptors (Lipinski definition) is 6. The van der Waals surface area contributed by atoms with E-state index >= 15 is 0 Å². The Morgan fingerprint density at radius 3 is 2.85 bits per heavy atom. The maximum absolute atomic E-state index is 11.3. The number of fused-ring (bicyclic) bond motifs is 1. The van der Waals surface area contributed by atoms with Crippen LogP contribution in [0.15, 0.2) is 29.1 Å². The van der Waals surface area contributed by atoms with Crippen LogP contribution in [-0.2, 0) is 6.54 Å². The molecule has 0 saturated heterocycles. The predicted molar refractivity (Wildman–Crippen MR) is 74.0 cm³/mol. The molecular weight excluding hydrogens is 260 g/mol. The number of ether oxygens (including phenoxy) is 2. The van der Waals surface area contributed by atoms with Gasteiger partial charge in [0, 0.05) is 12.6 Å². The summed E-state index contributed by atoms with van der Waals surface area (Å²) in [6.45, 7) is 1.61. The smallest absolute Gasteiger partial charge is 0.254 e. The van der Waals surface area contributed by atoms with Gasteiger partial charge in [-0.25, -0.2) is 0 Å². The number of aromatic nitrogens is 2. The van der Waals surface area contributed by atoms with Gasteiger partial charge in [0.1, 0.15) is 19.0 Å². The van der Waals surface area contributed by atoms with Gasteiger partial charge in [-0.3, -0.25) is 9.78 Å². The molecule has 3 rings (SSSR count). The molecular formula is C13H14N4O3. The molecule has 0 unspecified atom stereocenters. The second kappa shape index (κ2) is 5.12. The number of hydrogen-bond donors (Lipinski definition) is 3. The minimum Gasteiger partial charge on any atom is -0.486 e. The van der Waals surface area contributed by atoms with Crippen molar-refractivity contribution in [1.82, 2.24) is 9.97 Å². The van der Waals surface area contributed by atoms with E-state index in [9.17, 15) is 4.79 Å². The number of rotatable bonds is 3. The van der Waals surface area contributed by atoms with Gasteiger partial charge in [0.15, 0.2) is 11.5 Å². The minimum atomic E-state index is -0.290. The fourth-order valence-corrected chi connectivity index (χ4v) is 1.94. The maximum atomic E-state index is 11.3. The van der Waals surface area contributed by atoms with Crippen molar-refractivity contribution in [2.45, 2.75) is 6.54 Å². The summed E-state index contributed by atoms with van der Waals surface area (Å²) in [5.74, 6) is 1.99. The Kier molecular flexibility index (Phi) is 3.16. The molecule has 7 nitrogen and oxygen atoms in total. The largest absolute Gasteiger partial charge is 0.486 e. The van der Waals surface area contributed by atoms with Crippen LogP contribution in [0.25, 0.3) is 0 Å². The second-order valence-corrected chi connectivity index (χ2v) is 4.35. The zero-order chi connectivity index (χ0) is 13.9. The standard InChI is InChI=1S/C13H14N4O3/c14-11-6-12(18)17-13(16-11)15-7-8-1-2-9-10(5-8)20-4-3-19-9/h1-2,5-6H,3-4,7H2,(H4,14,15,16,17,18). The zero-order valence-corrected chi connectivity index (χ0v) is 10.7. The van der Waals surface area contributed by atoms with Gasteiger partial charge < -0.3 is 20.5 Å². The number of anilines is 2. The van der Waals surface area contributed by atoms with Crippen LogP contribution in [0, 0.1) is 0 Å². The highest BCUT2D eigenvalue weighted by molar-refractivity contribution is 5.45. The van der Waals surface area contributed by atoms with Crippen molar-refractivity contribution in [2.24, 2.45) is 0 Å². The summed E-state index contributed by atoms with van der Waals surface area (Å²) in [7, 11) is 0. The monoisotopic (exact) mass is 274 g/mol. The lowest BCUT2D eigenvalue weighted by atomic mass is 10.2. The SMILES string of the molecule is Nc1cc(=O)[nH]c(NCc2ccc3c(c2)OCCO3)n1. The Labute approximate surface area is 114 Å². The van der Waals surface area contributed by atoms with Crippen molar-refractivity contribution in [3.05, 3.63) is 40.2 Å². The van der Waals surface area contributed by atoms with Gasteiger partial charge in [0.05, 0.1) is 0 Å². The highest BCUT2D eigenvalue weighted by Crippen LogP contribution is 2.30. The lowest BCUT2D eigenvalue weighted by molar-refractivity contribution is 0.171. The number of nitrogen functional groups attached to an aromatic ring is 1. The van der Waals surface area contributed by atoms with Crippen LogP contribution in [0.1, 0.15) is 5.56 Å². The van der Waals surface area contributed by atoms with E-state index in [0.717, 1.165) is 17.1 Å². The fourth-order valence-electron chi connectivity index (χ4n) is 1.94. The van der Waals surface area contributed by atoms with E-state index in [-0.39, 0.29) is 11.4 Å². The lowest BCUT2D eigenvalue weighted by Crippen LogP contribution is -2.16. The van der Waals surface area contributed by atoms with Crippen molar-refractivity contribution in [2.75, 3.05) is 24.3 Å². The first-order chi connectivity index (χ1) is 9.70. The van der Waals surface area contributed by atoms with Crippen LogP contribution < -0.4 is 26.1 Å². The average molecular weight is 274 g/mol. The van der Waals surface area contributed by atoms with Crippen molar-refractivity contribution in [3.8, 4) is 11.5 Å². The van der Waals surface area contributed by atoms with Gasteiger partial charge >= 0.3 is 0 Å². The number of H-pyrrole nitrogens is 1. The van der Waals surface area contributed by atoms with Crippen LogP contribution in [-0.4, -0.2) is 23.2 Å². The molecule has 0 spiro atoms. The van der Waals surface area contributed by atoms with E-state index in [4.69, 9.17) is 15.2 Å². The molecule has 0 saturated carbocycles. The molecule has 1 aliphatic heterocycles. The third kappa shape index (κ3) is 2.66. The zero-order valence-electron chi connectivity index (χ0n) is 10.7. The molecule has 2 heterocycles. The normalized spacial score (nSPS) is 13.0. The van der Waals surface area contributed by atoms with E-state index < -0.39 is 0 Å². The van der Waals surface area contributed by atoms with E-state index in [0.29, 0.717) is 25.7 Å². The first-order valence-electron chi connectivity index (χ1n) is 6.20. The van der Waals surface area contributed by atoms with Crippen LogP contribution in [0.3, 0.4) is 0 Å². The lowest BCUT2D eigenvalue weighted by Gasteiger charge is -2.19. The molecule has 2 aromatic rings. The second-order valence-electron chi connectivity index (χ2n) is 4.35. The summed E-state index contributed by atoms with van der Waals surface area (Å²) in [6, 6.07) is 6.91. The first-order valence-corrected chi connectivity index (χ1v) is 6.20. The summed E-state index contributed by atoms with van der Waals surface area (Å²) in [5, 5.41) is 3.01. The number of benzene rings is 1. The summed E-state index contributed by atoms with van der Waals surface area (Å²) in [5.41, 5.74) is 6.21. The number of nitrogens with two attached hydrogens (primary N) is 1. The van der Waals surface area contributed by atoms with Gasteiger partial charge in [0.2, 0.25) is 5.95 Å². The average Bonchev–Trinajstić information content (AvgIpc) is 2.44. The molecule has 7 heteroatoms. The maximum Gasteiger partial charge on any atom is 0.254 e. The molecule has 1 aromatic heterocycles. The molecule has 1 aromatic carbocycles. The van der Waals surface area contributed by atoms with Gasteiger partial charge in [-0.05, 0) is 17.7 Å². The van der Waals surface area contributed by atoms with Crippen LogP contribution >= 0.6 is 0 Å². The first kappa shape index (κ1) is 12.3. The predicted octanol–water partition coefficient (Wildman–Crippen LogP) is 0.735. The molecule has 0 aliphatic carbocycles. The van der Waals surface area contributed by atoms with Crippen LogP contribution in [0.4, 0.5) is 11.8 Å². The summed E-state index contributed by atoms with van der Waals surface area (Å²) >= 11 is 0. The molecule has 0 atom stereocenters. The third-order valence-corrected chi connectivity index (χ3v) is 2.83. The Morgan fingerprint density at radius 2 is 2.05 bits per heavy atom. The molecule has 20 heavy (non-hydrogen) atoms. The van der Waals surface area contributed by atoms with Gasteiger partial charge in [0.25, 0.3) is 5.56 Å². The van der Waals surface area contributed by atoms with Crippen molar-refractivity contribution >= 4 is 11.8 Å². The van der Waals surface area contributed by atoms with E-state index in [1.165, 1.54) is 6.07 Å². The highest BCUT2D eigenvalue weighted by Gasteiger charge is 2.11. The Balaban J connectivity index is 1.73. The summed E-state index contributed by atoms with van der Waals surface area (Å²) in [4.78, 5) is 17.8. The van der Waals surface area contributed by atoms with Crippen LogP contribution in [0.5, 0.6) is 11.5 Å². The highest BCUT2D eigenvalue weighted by atomic mass is 16.6. The van der Waals surface area contributed by atoms with Gasteiger partial charge in [-0.2, -0.15) is 4.98 Å². The molecule has 1 aliphatic rings. The summed E-state index contributed by atoms with van der Waals surface area (Å²) in [6.07, 6.45) is 0. The number of aromatic amines is 1. The molecule has 0 amide bonds. The third-order valence-electron chi connectivity index (χ3n) is 2.83. The van der Waals surface area contributed by atoms with E-state index in [2.05, 4.69) is 15.3 Å². The van der Waals surface area contributed by atoms with Crippen molar-refractivity contribution < 1.29 is 9.47 Å². The topological polar surface area (TPSA) is 102 Å². The quantitative estimate of drug-likeness (QED) is 0.762. The molecule has 4 N–H and O–H groups in total.